The highest BCUT2D eigenvalue weighted by molar-refractivity contribution is 5.85. The van der Waals surface area contributed by atoms with E-state index in [1.807, 2.05) is 0 Å². The van der Waals surface area contributed by atoms with Crippen molar-refractivity contribution in [2.24, 2.45) is 17.6 Å². The highest BCUT2D eigenvalue weighted by atomic mass is 35.5. The van der Waals surface area contributed by atoms with Crippen LogP contribution in [0.25, 0.3) is 0 Å². The van der Waals surface area contributed by atoms with E-state index in [2.05, 4.69) is 11.8 Å². The first-order chi connectivity index (χ1) is 9.76. The fourth-order valence-corrected chi connectivity index (χ4v) is 3.64. The molecule has 1 amide bonds. The minimum absolute atomic E-state index is 0. The number of carbonyl (C=O) groups excluding carboxylic acids is 1. The summed E-state index contributed by atoms with van der Waals surface area (Å²) in [6.45, 7) is 5.27. The van der Waals surface area contributed by atoms with Crippen LogP contribution in [0.5, 0.6) is 0 Å². The molecule has 0 bridgehead atoms. The van der Waals surface area contributed by atoms with Gasteiger partial charge in [-0.1, -0.05) is 13.3 Å². The SMILES string of the molecule is CCCN(CC1CCCCO1)C(=O)[C@@H]1CCC[C@@H]1CN.Cl. The third-order valence-corrected chi connectivity index (χ3v) is 4.78. The van der Waals surface area contributed by atoms with Crippen LogP contribution < -0.4 is 5.73 Å². The molecule has 0 radical (unpaired) electrons. The number of ether oxygens (including phenoxy) is 1. The Hall–Kier alpha value is -0.320. The van der Waals surface area contributed by atoms with Crippen LogP contribution in [0.3, 0.4) is 0 Å². The molecule has 1 aliphatic carbocycles. The Kier molecular flexibility index (Phi) is 8.60. The molecule has 5 heteroatoms. The summed E-state index contributed by atoms with van der Waals surface area (Å²) in [7, 11) is 0. The maximum absolute atomic E-state index is 12.8. The molecule has 1 saturated carbocycles. The van der Waals surface area contributed by atoms with Crippen molar-refractivity contribution in [1.82, 2.24) is 4.90 Å². The van der Waals surface area contributed by atoms with Gasteiger partial charge in [0.25, 0.3) is 0 Å². The first-order valence-corrected chi connectivity index (χ1v) is 8.36. The molecule has 1 saturated heterocycles. The Labute approximate surface area is 135 Å². The zero-order chi connectivity index (χ0) is 14.4. The topological polar surface area (TPSA) is 55.6 Å². The van der Waals surface area contributed by atoms with Crippen molar-refractivity contribution in [3.8, 4) is 0 Å². The lowest BCUT2D eigenvalue weighted by molar-refractivity contribution is -0.139. The minimum atomic E-state index is 0. The molecule has 2 rings (SSSR count). The molecule has 0 aromatic carbocycles. The van der Waals surface area contributed by atoms with Crippen LogP contribution in [0.15, 0.2) is 0 Å². The van der Waals surface area contributed by atoms with Crippen LogP contribution in [-0.2, 0) is 9.53 Å². The third-order valence-electron chi connectivity index (χ3n) is 4.78. The normalized spacial score (nSPS) is 29.0. The van der Waals surface area contributed by atoms with Crippen LogP contribution >= 0.6 is 12.4 Å². The molecule has 1 unspecified atom stereocenters. The minimum Gasteiger partial charge on any atom is -0.376 e. The Balaban J connectivity index is 0.00000220. The zero-order valence-electron chi connectivity index (χ0n) is 13.3. The molecular weight excluding hydrogens is 288 g/mol. The van der Waals surface area contributed by atoms with Crippen LogP contribution in [-0.4, -0.2) is 43.2 Å². The molecule has 0 spiro atoms. The monoisotopic (exact) mass is 318 g/mol. The standard InChI is InChI=1S/C16H30N2O2.ClH/c1-2-9-18(12-14-7-3-4-10-20-14)16(19)15-8-5-6-13(15)11-17;/h13-15H,2-12,17H2,1H3;1H/t13-,14?,15-;/m1./s1. The van der Waals surface area contributed by atoms with Gasteiger partial charge >= 0.3 is 0 Å². The highest BCUT2D eigenvalue weighted by Crippen LogP contribution is 2.32. The van der Waals surface area contributed by atoms with Gasteiger partial charge in [-0.05, 0) is 51.0 Å². The molecule has 1 aliphatic heterocycles. The van der Waals surface area contributed by atoms with E-state index in [0.717, 1.165) is 58.2 Å². The molecule has 124 valence electrons. The molecule has 2 fully saturated rings. The predicted octanol–water partition coefficient (Wildman–Crippen LogP) is 2.59. The van der Waals surface area contributed by atoms with Gasteiger partial charge in [-0.15, -0.1) is 12.4 Å². The van der Waals surface area contributed by atoms with Crippen molar-refractivity contribution in [3.05, 3.63) is 0 Å². The number of nitrogens with zero attached hydrogens (tertiary/aromatic N) is 1. The van der Waals surface area contributed by atoms with E-state index in [-0.39, 0.29) is 24.4 Å². The van der Waals surface area contributed by atoms with Crippen molar-refractivity contribution in [1.29, 1.82) is 0 Å². The number of rotatable bonds is 6. The van der Waals surface area contributed by atoms with E-state index in [1.165, 1.54) is 6.42 Å². The Morgan fingerprint density at radius 3 is 2.67 bits per heavy atom. The quantitative estimate of drug-likeness (QED) is 0.819. The lowest BCUT2D eigenvalue weighted by atomic mass is 9.94. The van der Waals surface area contributed by atoms with Gasteiger partial charge in [-0.2, -0.15) is 0 Å². The molecule has 0 aromatic rings. The van der Waals surface area contributed by atoms with E-state index >= 15 is 0 Å². The largest absolute Gasteiger partial charge is 0.376 e. The van der Waals surface area contributed by atoms with Crippen molar-refractivity contribution >= 4 is 18.3 Å². The molecular formula is C16H31ClN2O2. The van der Waals surface area contributed by atoms with Gasteiger partial charge in [0, 0.05) is 25.6 Å². The number of carbonyl (C=O) groups is 1. The first kappa shape index (κ1) is 18.7. The van der Waals surface area contributed by atoms with Crippen molar-refractivity contribution in [2.45, 2.75) is 58.0 Å². The average Bonchev–Trinajstić information content (AvgIpc) is 2.95. The van der Waals surface area contributed by atoms with Gasteiger partial charge in [-0.25, -0.2) is 0 Å². The smallest absolute Gasteiger partial charge is 0.226 e. The maximum atomic E-state index is 12.8. The Morgan fingerprint density at radius 2 is 2.05 bits per heavy atom. The number of halogens is 1. The van der Waals surface area contributed by atoms with Gasteiger partial charge in [-0.3, -0.25) is 4.79 Å². The predicted molar refractivity (Wildman–Crippen MR) is 87.6 cm³/mol. The second-order valence-electron chi connectivity index (χ2n) is 6.31. The van der Waals surface area contributed by atoms with E-state index < -0.39 is 0 Å². The van der Waals surface area contributed by atoms with E-state index in [0.29, 0.717) is 18.4 Å². The van der Waals surface area contributed by atoms with Gasteiger partial charge in [0.15, 0.2) is 0 Å². The van der Waals surface area contributed by atoms with Crippen molar-refractivity contribution in [2.75, 3.05) is 26.2 Å². The zero-order valence-corrected chi connectivity index (χ0v) is 14.1. The van der Waals surface area contributed by atoms with Crippen LogP contribution in [0.4, 0.5) is 0 Å². The van der Waals surface area contributed by atoms with Crippen LogP contribution in [0, 0.1) is 11.8 Å². The summed E-state index contributed by atoms with van der Waals surface area (Å²) in [6.07, 6.45) is 8.04. The highest BCUT2D eigenvalue weighted by Gasteiger charge is 2.35. The molecule has 2 aliphatic rings. The number of amides is 1. The van der Waals surface area contributed by atoms with E-state index in [4.69, 9.17) is 10.5 Å². The van der Waals surface area contributed by atoms with Gasteiger partial charge in [0.2, 0.25) is 5.91 Å². The number of nitrogens with two attached hydrogens (primary N) is 1. The fourth-order valence-electron chi connectivity index (χ4n) is 3.64. The summed E-state index contributed by atoms with van der Waals surface area (Å²) in [6, 6.07) is 0. The first-order valence-electron chi connectivity index (χ1n) is 8.36. The lowest BCUT2D eigenvalue weighted by Gasteiger charge is -2.32. The van der Waals surface area contributed by atoms with Gasteiger partial charge < -0.3 is 15.4 Å². The van der Waals surface area contributed by atoms with Gasteiger partial charge in [0.05, 0.1) is 6.10 Å². The van der Waals surface area contributed by atoms with Crippen molar-refractivity contribution < 1.29 is 9.53 Å². The van der Waals surface area contributed by atoms with E-state index in [9.17, 15) is 4.79 Å². The Morgan fingerprint density at radius 1 is 1.24 bits per heavy atom. The summed E-state index contributed by atoms with van der Waals surface area (Å²) in [5, 5.41) is 0. The van der Waals surface area contributed by atoms with Crippen molar-refractivity contribution in [3.63, 3.8) is 0 Å². The number of hydrogen-bond donors (Lipinski definition) is 1. The van der Waals surface area contributed by atoms with E-state index in [1.54, 1.807) is 0 Å². The van der Waals surface area contributed by atoms with Crippen LogP contribution in [0.1, 0.15) is 51.9 Å². The maximum Gasteiger partial charge on any atom is 0.226 e. The molecule has 2 N–H and O–H groups in total. The Bertz CT molecular complexity index is 309. The summed E-state index contributed by atoms with van der Waals surface area (Å²) < 4.78 is 5.80. The molecule has 4 nitrogen and oxygen atoms in total. The molecule has 0 aromatic heterocycles. The third kappa shape index (κ3) is 5.11. The molecule has 3 atom stereocenters. The number of hydrogen-bond acceptors (Lipinski definition) is 3. The fraction of sp³-hybridized carbons (Fsp3) is 0.938. The molecule has 1 heterocycles. The lowest BCUT2D eigenvalue weighted by Crippen LogP contribution is -2.44. The van der Waals surface area contributed by atoms with Crippen LogP contribution in [0.2, 0.25) is 0 Å². The summed E-state index contributed by atoms with van der Waals surface area (Å²) in [5.74, 6) is 0.887. The summed E-state index contributed by atoms with van der Waals surface area (Å²) in [4.78, 5) is 14.8. The second-order valence-corrected chi connectivity index (χ2v) is 6.31. The van der Waals surface area contributed by atoms with Gasteiger partial charge in [0.1, 0.15) is 0 Å². The molecule has 21 heavy (non-hydrogen) atoms. The summed E-state index contributed by atoms with van der Waals surface area (Å²) in [5.41, 5.74) is 5.82. The summed E-state index contributed by atoms with van der Waals surface area (Å²) >= 11 is 0. The average molecular weight is 319 g/mol. The second kappa shape index (κ2) is 9.65.